The molecule has 0 aromatic heterocycles. The van der Waals surface area contributed by atoms with E-state index in [9.17, 15) is 0 Å². The molecule has 54 valence electrons. The number of thiocarbonyl (C=S) groups is 1. The van der Waals surface area contributed by atoms with E-state index in [1.807, 2.05) is 0 Å². The van der Waals surface area contributed by atoms with Crippen LogP contribution < -0.4 is 5.73 Å². The minimum atomic E-state index is -0.0295. The predicted octanol–water partition coefficient (Wildman–Crippen LogP) is 1.81. The van der Waals surface area contributed by atoms with Crippen LogP contribution in [0.5, 0.6) is 0 Å². The van der Waals surface area contributed by atoms with Crippen molar-refractivity contribution in [1.29, 1.82) is 0 Å². The van der Waals surface area contributed by atoms with Gasteiger partial charge < -0.3 is 5.73 Å². The van der Waals surface area contributed by atoms with E-state index in [0.29, 0.717) is 16.0 Å². The lowest BCUT2D eigenvalue weighted by Gasteiger charge is -2.01. The summed E-state index contributed by atoms with van der Waals surface area (Å²) in [5.41, 5.74) is 5.19. The summed E-state index contributed by atoms with van der Waals surface area (Å²) in [5.74, 6) is 1.14. The Labute approximate surface area is 74.3 Å². The van der Waals surface area contributed by atoms with Crippen LogP contribution in [0.4, 0.5) is 0 Å². The van der Waals surface area contributed by atoms with Crippen LogP contribution in [0.15, 0.2) is 0 Å². The third-order valence-corrected chi connectivity index (χ3v) is 2.80. The topological polar surface area (TPSA) is 26.0 Å². The Morgan fingerprint density at radius 3 is 2.67 bits per heavy atom. The summed E-state index contributed by atoms with van der Waals surface area (Å²) in [6, 6.07) is 0. The number of alkyl halides is 2. The summed E-state index contributed by atoms with van der Waals surface area (Å²) < 4.78 is 0.422. The van der Waals surface area contributed by atoms with Gasteiger partial charge in [0.25, 0.3) is 0 Å². The molecule has 1 nitrogen and oxygen atoms in total. The predicted molar refractivity (Wildman–Crippen MR) is 49.6 cm³/mol. The van der Waals surface area contributed by atoms with E-state index in [0.717, 1.165) is 0 Å². The van der Waals surface area contributed by atoms with Crippen LogP contribution in [0.25, 0.3) is 0 Å². The van der Waals surface area contributed by atoms with E-state index in [-0.39, 0.29) is 5.38 Å². The fourth-order valence-corrected chi connectivity index (χ4v) is 1.31. The second kappa shape index (κ2) is 5.59. The molecule has 0 aliphatic heterocycles. The highest BCUT2D eigenvalue weighted by molar-refractivity contribution is 8.22. The molecule has 0 radical (unpaired) electrons. The van der Waals surface area contributed by atoms with Crippen molar-refractivity contribution >= 4 is 51.5 Å². The zero-order chi connectivity index (χ0) is 7.28. The molecule has 0 amide bonds. The van der Waals surface area contributed by atoms with E-state index in [2.05, 4.69) is 12.2 Å². The van der Waals surface area contributed by atoms with Crippen molar-refractivity contribution in [2.24, 2.45) is 5.73 Å². The van der Waals surface area contributed by atoms with Gasteiger partial charge in [0, 0.05) is 11.6 Å². The van der Waals surface area contributed by atoms with Gasteiger partial charge in [-0.15, -0.1) is 23.2 Å². The summed E-state index contributed by atoms with van der Waals surface area (Å²) >= 11 is 17.0. The van der Waals surface area contributed by atoms with Gasteiger partial charge in [0.15, 0.2) is 0 Å². The van der Waals surface area contributed by atoms with Gasteiger partial charge in [-0.05, 0) is 0 Å². The monoisotopic (exact) mass is 203 g/mol. The molecule has 5 heteroatoms. The molecule has 0 heterocycles. The molecule has 0 spiro atoms. The number of hydrogen-bond acceptors (Lipinski definition) is 2. The standard InChI is InChI=1S/C4H7Cl2NS2/c5-1-3(6)2-9-4(7)8/h3H,1-2H2,(H2,7,8). The number of rotatable bonds is 3. The zero-order valence-electron chi connectivity index (χ0n) is 4.64. The maximum absolute atomic E-state index is 5.64. The lowest BCUT2D eigenvalue weighted by Crippen LogP contribution is -2.09. The normalized spacial score (nSPS) is 13.1. The fourth-order valence-electron chi connectivity index (χ4n) is 0.217. The maximum atomic E-state index is 5.64. The number of hydrogen-bond donors (Lipinski definition) is 1. The fraction of sp³-hybridized carbons (Fsp3) is 0.750. The Balaban J connectivity index is 3.16. The first-order chi connectivity index (χ1) is 4.16. The highest BCUT2D eigenvalue weighted by Gasteiger charge is 2.02. The molecule has 0 saturated heterocycles. The number of nitrogens with two attached hydrogens (primary N) is 1. The number of halogens is 2. The van der Waals surface area contributed by atoms with Crippen LogP contribution in [-0.4, -0.2) is 21.3 Å². The summed E-state index contributed by atoms with van der Waals surface area (Å²) in [7, 11) is 0. The maximum Gasteiger partial charge on any atom is 0.131 e. The van der Waals surface area contributed by atoms with E-state index >= 15 is 0 Å². The van der Waals surface area contributed by atoms with Gasteiger partial charge in [0.1, 0.15) is 4.32 Å². The third-order valence-electron chi connectivity index (χ3n) is 0.574. The Morgan fingerprint density at radius 2 is 2.33 bits per heavy atom. The van der Waals surface area contributed by atoms with Crippen LogP contribution in [0, 0.1) is 0 Å². The van der Waals surface area contributed by atoms with Gasteiger partial charge in [-0.2, -0.15) is 0 Å². The second-order valence-corrected chi connectivity index (χ2v) is 4.07. The average Bonchev–Trinajstić information content (AvgIpc) is 1.83. The molecular weight excluding hydrogens is 197 g/mol. The van der Waals surface area contributed by atoms with Crippen molar-refractivity contribution in [3.63, 3.8) is 0 Å². The first-order valence-corrected chi connectivity index (χ1v) is 4.65. The molecule has 1 unspecified atom stereocenters. The van der Waals surface area contributed by atoms with Gasteiger partial charge in [-0.25, -0.2) is 0 Å². The molecule has 2 N–H and O–H groups in total. The number of thioether (sulfide) groups is 1. The van der Waals surface area contributed by atoms with E-state index < -0.39 is 0 Å². The summed E-state index contributed by atoms with van der Waals surface area (Å²) in [4.78, 5) is 0. The third kappa shape index (κ3) is 6.71. The van der Waals surface area contributed by atoms with Crippen molar-refractivity contribution in [3.8, 4) is 0 Å². The highest BCUT2D eigenvalue weighted by Crippen LogP contribution is 2.08. The van der Waals surface area contributed by atoms with E-state index in [1.165, 1.54) is 11.8 Å². The molecule has 0 aliphatic carbocycles. The minimum Gasteiger partial charge on any atom is -0.385 e. The Hall–Kier alpha value is 0.820. The van der Waals surface area contributed by atoms with Gasteiger partial charge >= 0.3 is 0 Å². The van der Waals surface area contributed by atoms with Crippen molar-refractivity contribution in [2.45, 2.75) is 5.38 Å². The lowest BCUT2D eigenvalue weighted by molar-refractivity contribution is 1.13. The lowest BCUT2D eigenvalue weighted by atomic mass is 10.6. The smallest absolute Gasteiger partial charge is 0.131 e. The van der Waals surface area contributed by atoms with Crippen LogP contribution >= 0.6 is 47.2 Å². The Bertz CT molecular complexity index is 98.6. The van der Waals surface area contributed by atoms with Crippen LogP contribution in [0.1, 0.15) is 0 Å². The first kappa shape index (κ1) is 9.82. The Kier molecular flexibility index (Phi) is 6.10. The van der Waals surface area contributed by atoms with Crippen LogP contribution in [0.2, 0.25) is 0 Å². The first-order valence-electron chi connectivity index (χ1n) is 2.29. The molecule has 0 rings (SSSR count). The SMILES string of the molecule is NC(=S)SCC(Cl)CCl. The van der Waals surface area contributed by atoms with Gasteiger partial charge in [-0.3, -0.25) is 0 Å². The molecule has 1 atom stereocenters. The van der Waals surface area contributed by atoms with E-state index in [4.69, 9.17) is 28.9 Å². The highest BCUT2D eigenvalue weighted by atomic mass is 35.5. The quantitative estimate of drug-likeness (QED) is 0.560. The summed E-state index contributed by atoms with van der Waals surface area (Å²) in [5, 5.41) is -0.0295. The van der Waals surface area contributed by atoms with Crippen molar-refractivity contribution in [2.75, 3.05) is 11.6 Å². The average molecular weight is 204 g/mol. The summed E-state index contributed by atoms with van der Waals surface area (Å²) in [6.07, 6.45) is 0. The molecule has 0 saturated carbocycles. The molecular formula is C4H7Cl2NS2. The second-order valence-electron chi connectivity index (χ2n) is 1.38. The van der Waals surface area contributed by atoms with Gasteiger partial charge in [-0.1, -0.05) is 24.0 Å². The van der Waals surface area contributed by atoms with Gasteiger partial charge in [0.05, 0.1) is 5.38 Å². The molecule has 0 aliphatic rings. The van der Waals surface area contributed by atoms with Crippen molar-refractivity contribution in [1.82, 2.24) is 0 Å². The van der Waals surface area contributed by atoms with Gasteiger partial charge in [0.2, 0.25) is 0 Å². The zero-order valence-corrected chi connectivity index (χ0v) is 7.79. The minimum absolute atomic E-state index is 0.0295. The van der Waals surface area contributed by atoms with Crippen LogP contribution in [0.3, 0.4) is 0 Å². The molecule has 9 heavy (non-hydrogen) atoms. The molecule has 0 aromatic rings. The van der Waals surface area contributed by atoms with Crippen molar-refractivity contribution in [3.05, 3.63) is 0 Å². The van der Waals surface area contributed by atoms with Crippen LogP contribution in [-0.2, 0) is 0 Å². The molecule has 0 bridgehead atoms. The molecule has 0 aromatic carbocycles. The van der Waals surface area contributed by atoms with E-state index in [1.54, 1.807) is 0 Å². The van der Waals surface area contributed by atoms with Crippen molar-refractivity contribution < 1.29 is 0 Å². The largest absolute Gasteiger partial charge is 0.385 e. The summed E-state index contributed by atoms with van der Waals surface area (Å²) in [6.45, 7) is 0. The Morgan fingerprint density at radius 1 is 1.78 bits per heavy atom. The molecule has 0 fully saturated rings.